The van der Waals surface area contributed by atoms with E-state index in [2.05, 4.69) is 35.1 Å². The summed E-state index contributed by atoms with van der Waals surface area (Å²) in [5, 5.41) is 12.1. The van der Waals surface area contributed by atoms with Crippen LogP contribution in [0.3, 0.4) is 0 Å². The van der Waals surface area contributed by atoms with Crippen LogP contribution in [-0.4, -0.2) is 48.2 Å². The van der Waals surface area contributed by atoms with E-state index in [9.17, 15) is 4.79 Å². The van der Waals surface area contributed by atoms with Crippen LogP contribution in [0, 0.1) is 18.3 Å². The molecule has 0 bridgehead atoms. The van der Waals surface area contributed by atoms with Crippen LogP contribution < -0.4 is 5.32 Å². The zero-order valence-corrected chi connectivity index (χ0v) is 14.4. The maximum atomic E-state index is 11.9. The molecule has 0 aromatic carbocycles. The number of nitrogens with one attached hydrogen (secondary N) is 1. The van der Waals surface area contributed by atoms with E-state index in [0.717, 1.165) is 22.6 Å². The summed E-state index contributed by atoms with van der Waals surface area (Å²) in [5.41, 5.74) is 3.64. The second-order valence-corrected chi connectivity index (χ2v) is 11.1. The quantitative estimate of drug-likeness (QED) is 0.922. The molecule has 0 aliphatic heterocycles. The van der Waals surface area contributed by atoms with Gasteiger partial charge < -0.3 is 10.1 Å². The Morgan fingerprint density at radius 1 is 1.45 bits per heavy atom. The molecule has 22 heavy (non-hydrogen) atoms. The maximum absolute atomic E-state index is 11.9. The number of hydrogen-bond donors (Lipinski definition) is 1. The van der Waals surface area contributed by atoms with Crippen molar-refractivity contribution in [1.82, 2.24) is 10.3 Å². The maximum Gasteiger partial charge on any atom is 0.407 e. The molecule has 0 radical (unpaired) electrons. The first-order chi connectivity index (χ1) is 10.3. The van der Waals surface area contributed by atoms with E-state index in [1.807, 2.05) is 6.92 Å². The average molecular weight is 321 g/mol. The number of hydrogen-bond acceptors (Lipinski definition) is 4. The zero-order valence-electron chi connectivity index (χ0n) is 13.6. The van der Waals surface area contributed by atoms with Gasteiger partial charge in [0.2, 0.25) is 0 Å². The molecule has 1 heterocycles. The molecule has 0 spiro atoms. The Bertz CT molecular complexity index is 617. The van der Waals surface area contributed by atoms with Crippen molar-refractivity contribution in [3.05, 3.63) is 28.6 Å². The third kappa shape index (κ3) is 4.14. The fourth-order valence-electron chi connectivity index (χ4n) is 2.56. The highest BCUT2D eigenvalue weighted by molar-refractivity contribution is 8.32. The van der Waals surface area contributed by atoms with E-state index < -0.39 is 10.0 Å². The van der Waals surface area contributed by atoms with Crippen molar-refractivity contribution in [2.24, 2.45) is 0 Å². The molecule has 1 N–H and O–H groups in total. The number of carbonyl (C=O) groups excluding carboxylic acids is 1. The Hall–Kier alpha value is -1.74. The fraction of sp³-hybridized carbons (Fsp3) is 0.562. The number of carbonyl (C=O) groups is 1. The van der Waals surface area contributed by atoms with Crippen molar-refractivity contribution in [1.29, 1.82) is 5.26 Å². The van der Waals surface area contributed by atoms with Crippen LogP contribution in [0.15, 0.2) is 6.20 Å². The second kappa shape index (κ2) is 6.57. The molecule has 5 nitrogen and oxygen atoms in total. The van der Waals surface area contributed by atoms with Crippen LogP contribution in [0.2, 0.25) is 0 Å². The van der Waals surface area contributed by atoms with Crippen LogP contribution in [0.5, 0.6) is 0 Å². The Kier molecular flexibility index (Phi) is 4.97. The van der Waals surface area contributed by atoms with E-state index in [1.165, 1.54) is 0 Å². The number of pyridine rings is 1. The third-order valence-electron chi connectivity index (χ3n) is 3.79. The molecule has 6 heteroatoms. The number of nitrogens with zero attached hydrogens (tertiary/aromatic N) is 2. The topological polar surface area (TPSA) is 75.0 Å². The van der Waals surface area contributed by atoms with Gasteiger partial charge in [0.15, 0.2) is 0 Å². The van der Waals surface area contributed by atoms with Gasteiger partial charge in [-0.15, -0.1) is 0 Å². The Morgan fingerprint density at radius 3 is 2.77 bits per heavy atom. The van der Waals surface area contributed by atoms with E-state index in [4.69, 9.17) is 10.00 Å². The summed E-state index contributed by atoms with van der Waals surface area (Å²) < 4.78 is 5.26. The van der Waals surface area contributed by atoms with Crippen molar-refractivity contribution in [3.63, 3.8) is 0 Å². The van der Waals surface area contributed by atoms with Gasteiger partial charge in [0.05, 0.1) is 5.56 Å². The molecule has 120 valence electrons. The van der Waals surface area contributed by atoms with Gasteiger partial charge in [-0.25, -0.2) is 14.8 Å². The summed E-state index contributed by atoms with van der Waals surface area (Å²) in [6.07, 6.45) is 9.21. The monoisotopic (exact) mass is 321 g/mol. The highest BCUT2D eigenvalue weighted by Crippen LogP contribution is 2.33. The molecule has 1 amide bonds. The van der Waals surface area contributed by atoms with Crippen molar-refractivity contribution in [3.8, 4) is 6.07 Å². The lowest BCUT2D eigenvalue weighted by molar-refractivity contribution is 0.149. The largest absolute Gasteiger partial charge is 0.449 e. The molecule has 1 aromatic rings. The van der Waals surface area contributed by atoms with Crippen molar-refractivity contribution < 1.29 is 9.53 Å². The standard InChI is InChI=1S/C16H23N3O2S/c1-11-14-7-13(8-15(14)12(9-17)10-18-11)19-16(20)21-5-6-22(2,3)4/h10,13H,5-8H2,1-4H3,(H,19,20). The van der Waals surface area contributed by atoms with Gasteiger partial charge in [-0.1, -0.05) is 0 Å². The average Bonchev–Trinajstić information content (AvgIpc) is 2.82. The molecule has 0 saturated carbocycles. The lowest BCUT2D eigenvalue weighted by Crippen LogP contribution is -2.36. The van der Waals surface area contributed by atoms with E-state index in [1.54, 1.807) is 6.20 Å². The summed E-state index contributed by atoms with van der Waals surface area (Å²) in [6, 6.07) is 2.16. The number of nitriles is 1. The van der Waals surface area contributed by atoms with Gasteiger partial charge in [-0.05, 0) is 49.7 Å². The first-order valence-electron chi connectivity index (χ1n) is 7.27. The van der Waals surface area contributed by atoms with Crippen molar-refractivity contribution >= 4 is 16.1 Å². The highest BCUT2D eigenvalue weighted by atomic mass is 32.3. The van der Waals surface area contributed by atoms with Gasteiger partial charge in [0.25, 0.3) is 0 Å². The van der Waals surface area contributed by atoms with E-state index in [0.29, 0.717) is 25.0 Å². The third-order valence-corrected chi connectivity index (χ3v) is 5.18. The minimum Gasteiger partial charge on any atom is -0.449 e. The summed E-state index contributed by atoms with van der Waals surface area (Å²) in [7, 11) is -0.655. The van der Waals surface area contributed by atoms with Crippen LogP contribution in [0.4, 0.5) is 4.79 Å². The molecule has 1 aliphatic carbocycles. The Morgan fingerprint density at radius 2 is 2.14 bits per heavy atom. The van der Waals surface area contributed by atoms with Crippen LogP contribution in [0.25, 0.3) is 0 Å². The predicted molar refractivity (Wildman–Crippen MR) is 89.6 cm³/mol. The molecular formula is C16H23N3O2S. The summed E-state index contributed by atoms with van der Waals surface area (Å²) >= 11 is 0. The number of fused-ring (bicyclic) bond motifs is 1. The number of alkyl carbamates (subject to hydrolysis) is 1. The Balaban J connectivity index is 1.91. The zero-order chi connectivity index (χ0) is 16.3. The summed E-state index contributed by atoms with van der Waals surface area (Å²) in [5.74, 6) is 0.910. The first kappa shape index (κ1) is 16.6. The van der Waals surface area contributed by atoms with Gasteiger partial charge >= 0.3 is 6.09 Å². The number of amides is 1. The molecule has 0 saturated heterocycles. The van der Waals surface area contributed by atoms with Crippen LogP contribution >= 0.6 is 10.0 Å². The van der Waals surface area contributed by atoms with Gasteiger partial charge in [-0.2, -0.15) is 5.26 Å². The minimum atomic E-state index is -0.655. The molecule has 0 fully saturated rings. The normalized spacial score (nSPS) is 17.5. The smallest absolute Gasteiger partial charge is 0.407 e. The molecular weight excluding hydrogens is 298 g/mol. The highest BCUT2D eigenvalue weighted by Gasteiger charge is 2.27. The lowest BCUT2D eigenvalue weighted by atomic mass is 10.1. The number of rotatable bonds is 4. The number of aromatic nitrogens is 1. The molecule has 1 unspecified atom stereocenters. The fourth-order valence-corrected chi connectivity index (χ4v) is 3.14. The van der Waals surface area contributed by atoms with Crippen LogP contribution in [-0.2, 0) is 17.6 Å². The van der Waals surface area contributed by atoms with Gasteiger partial charge in [0.1, 0.15) is 12.7 Å². The van der Waals surface area contributed by atoms with Crippen molar-refractivity contribution in [2.45, 2.75) is 25.8 Å². The van der Waals surface area contributed by atoms with Gasteiger partial charge in [-0.3, -0.25) is 4.98 Å². The molecule has 1 aromatic heterocycles. The predicted octanol–water partition coefficient (Wildman–Crippen LogP) is 2.15. The summed E-state index contributed by atoms with van der Waals surface area (Å²) in [6.45, 7) is 2.39. The molecule has 2 rings (SSSR count). The number of aryl methyl sites for hydroxylation is 1. The molecule has 1 atom stereocenters. The van der Waals surface area contributed by atoms with E-state index >= 15 is 0 Å². The Labute approximate surface area is 133 Å². The minimum absolute atomic E-state index is 0.0144. The second-order valence-electron chi connectivity index (χ2n) is 6.51. The summed E-state index contributed by atoms with van der Waals surface area (Å²) in [4.78, 5) is 16.1. The van der Waals surface area contributed by atoms with Gasteiger partial charge in [0, 0.05) is 23.7 Å². The number of ether oxygens (including phenoxy) is 1. The lowest BCUT2D eigenvalue weighted by Gasteiger charge is -2.24. The van der Waals surface area contributed by atoms with Crippen LogP contribution in [0.1, 0.15) is 22.4 Å². The first-order valence-corrected chi connectivity index (χ1v) is 10.3. The van der Waals surface area contributed by atoms with Crippen molar-refractivity contribution in [2.75, 3.05) is 31.1 Å². The van der Waals surface area contributed by atoms with E-state index in [-0.39, 0.29) is 12.1 Å². The SMILES string of the molecule is Cc1ncc(C#N)c2c1CC(NC(=O)OCCS(C)(C)C)C2. The molecule has 1 aliphatic rings.